The largest absolute Gasteiger partial charge is 0.586 e. The van der Waals surface area contributed by atoms with Gasteiger partial charge in [-0.15, -0.1) is 8.78 Å². The van der Waals surface area contributed by atoms with Gasteiger partial charge >= 0.3 is 12.2 Å². The number of fused-ring (bicyclic) bond motifs is 1. The van der Waals surface area contributed by atoms with Crippen molar-refractivity contribution in [3.8, 4) is 56.5 Å². The summed E-state index contributed by atoms with van der Waals surface area (Å²) >= 11 is 0. The number of nitrogens with zero attached hydrogens (tertiary/aromatic N) is 4. The molecule has 3 heterocycles. The standard InChI is InChI=1S/C33H27F5N4O7S/c1-16-39-29(18-7-9-25-26(12-18)49-33(37,38)48-25)30(47-16)21-10-17(19-11-23(34)22(15-43)27(13-19)50(5,45)46)6-8-20(21)24-14-28(40-42(24)4)32(35,36)31(44)41(2)3/h6-14,43H,15H2,1-5H3. The number of hydrogen-bond donors (Lipinski definition) is 1. The van der Waals surface area contributed by atoms with Crippen LogP contribution in [0.5, 0.6) is 11.5 Å². The molecule has 1 N–H and O–H groups in total. The van der Waals surface area contributed by atoms with Crippen LogP contribution in [0.3, 0.4) is 0 Å². The first-order valence-corrected chi connectivity index (χ1v) is 16.5. The van der Waals surface area contributed by atoms with Gasteiger partial charge in [0.05, 0.1) is 17.2 Å². The Balaban J connectivity index is 1.60. The van der Waals surface area contributed by atoms with Gasteiger partial charge in [-0.3, -0.25) is 9.48 Å². The fraction of sp³-hybridized carbons (Fsp3) is 0.242. The van der Waals surface area contributed by atoms with Crippen LogP contribution in [0, 0.1) is 12.7 Å². The van der Waals surface area contributed by atoms with Crippen LogP contribution in [0.1, 0.15) is 17.1 Å². The predicted octanol–water partition coefficient (Wildman–Crippen LogP) is 5.92. The van der Waals surface area contributed by atoms with Gasteiger partial charge < -0.3 is 23.9 Å². The minimum atomic E-state index is -4.01. The maximum Gasteiger partial charge on any atom is 0.586 e. The maximum absolute atomic E-state index is 15.2. The van der Waals surface area contributed by atoms with E-state index in [-0.39, 0.29) is 62.4 Å². The van der Waals surface area contributed by atoms with E-state index in [1.165, 1.54) is 70.5 Å². The van der Waals surface area contributed by atoms with Gasteiger partial charge in [-0.25, -0.2) is 17.8 Å². The number of aromatic nitrogens is 3. The monoisotopic (exact) mass is 718 g/mol. The van der Waals surface area contributed by atoms with Gasteiger partial charge in [0.2, 0.25) is 0 Å². The second kappa shape index (κ2) is 11.9. The van der Waals surface area contributed by atoms with Crippen LogP contribution in [0.4, 0.5) is 22.0 Å². The maximum atomic E-state index is 15.2. The summed E-state index contributed by atoms with van der Waals surface area (Å²) < 4.78 is 115. The molecule has 11 nitrogen and oxygen atoms in total. The molecular formula is C33H27F5N4O7S. The zero-order chi connectivity index (χ0) is 36.5. The van der Waals surface area contributed by atoms with E-state index in [1.54, 1.807) is 0 Å². The number of carbonyl (C=O) groups is 1. The van der Waals surface area contributed by atoms with Gasteiger partial charge in [-0.1, -0.05) is 12.1 Å². The lowest BCUT2D eigenvalue weighted by atomic mass is 9.93. The summed E-state index contributed by atoms with van der Waals surface area (Å²) in [6.45, 7) is 0.624. The Labute approximate surface area is 281 Å². The number of alkyl halides is 4. The number of oxazole rings is 1. The minimum Gasteiger partial charge on any atom is -0.440 e. The quantitative estimate of drug-likeness (QED) is 0.194. The molecule has 0 saturated heterocycles. The Morgan fingerprint density at radius 2 is 1.66 bits per heavy atom. The van der Waals surface area contributed by atoms with Gasteiger partial charge in [0, 0.05) is 56.6 Å². The number of aryl methyl sites for hydroxylation is 2. The summed E-state index contributed by atoms with van der Waals surface area (Å²) in [6.07, 6.45) is -3.04. The molecule has 1 amide bonds. The van der Waals surface area contributed by atoms with Crippen molar-refractivity contribution in [1.29, 1.82) is 0 Å². The van der Waals surface area contributed by atoms with E-state index in [2.05, 4.69) is 19.6 Å². The predicted molar refractivity (Wildman–Crippen MR) is 168 cm³/mol. The molecule has 0 bridgehead atoms. The van der Waals surface area contributed by atoms with Crippen molar-refractivity contribution in [3.63, 3.8) is 0 Å². The van der Waals surface area contributed by atoms with Crippen LogP contribution >= 0.6 is 0 Å². The SMILES string of the molecule is Cc1nc(-c2ccc3c(c2)OC(F)(F)O3)c(-c2cc(-c3cc(F)c(CO)c(S(C)(=O)=O)c3)ccc2-c2cc(C(F)(F)C(=O)N(C)C)nn2C)o1. The molecule has 3 aromatic carbocycles. The van der Waals surface area contributed by atoms with Crippen LogP contribution in [0.15, 0.2) is 63.9 Å². The van der Waals surface area contributed by atoms with Crippen molar-refractivity contribution in [2.24, 2.45) is 7.05 Å². The molecule has 0 unspecified atom stereocenters. The van der Waals surface area contributed by atoms with Crippen molar-refractivity contribution >= 4 is 15.7 Å². The molecule has 1 aliphatic heterocycles. The number of carbonyl (C=O) groups excluding carboxylic acids is 1. The molecule has 17 heteroatoms. The lowest BCUT2D eigenvalue weighted by Crippen LogP contribution is -2.37. The average molecular weight is 719 g/mol. The van der Waals surface area contributed by atoms with Crippen LogP contribution in [-0.4, -0.2) is 65.7 Å². The summed E-state index contributed by atoms with van der Waals surface area (Å²) in [4.78, 5) is 17.1. The zero-order valence-corrected chi connectivity index (χ0v) is 27.7. The molecule has 2 aromatic heterocycles. The highest BCUT2D eigenvalue weighted by atomic mass is 32.2. The molecule has 0 aliphatic carbocycles. The van der Waals surface area contributed by atoms with E-state index in [9.17, 15) is 27.1 Å². The van der Waals surface area contributed by atoms with E-state index < -0.39 is 56.5 Å². The zero-order valence-electron chi connectivity index (χ0n) is 26.9. The van der Waals surface area contributed by atoms with Gasteiger partial charge in [-0.2, -0.15) is 13.9 Å². The Morgan fingerprint density at radius 1 is 0.980 bits per heavy atom. The smallest absolute Gasteiger partial charge is 0.440 e. The second-order valence-electron chi connectivity index (χ2n) is 11.7. The highest BCUT2D eigenvalue weighted by molar-refractivity contribution is 7.90. The van der Waals surface area contributed by atoms with Crippen molar-refractivity contribution in [3.05, 3.63) is 77.6 Å². The molecule has 0 radical (unpaired) electrons. The first-order chi connectivity index (χ1) is 23.3. The van der Waals surface area contributed by atoms with E-state index >= 15 is 13.2 Å². The number of ether oxygens (including phenoxy) is 2. The van der Waals surface area contributed by atoms with Crippen molar-refractivity contribution in [1.82, 2.24) is 19.7 Å². The molecule has 0 atom stereocenters. The van der Waals surface area contributed by atoms with Gasteiger partial charge in [0.1, 0.15) is 17.2 Å². The lowest BCUT2D eigenvalue weighted by molar-refractivity contribution is -0.286. The number of likely N-dealkylation sites (N-methyl/N-ethyl adjacent to an activating group) is 1. The fourth-order valence-corrected chi connectivity index (χ4v) is 6.51. The van der Waals surface area contributed by atoms with Crippen molar-refractivity contribution < 1.29 is 54.2 Å². The average Bonchev–Trinajstić information content (AvgIpc) is 3.71. The summed E-state index contributed by atoms with van der Waals surface area (Å²) in [5, 5.41) is 13.6. The normalized spacial score (nSPS) is 13.9. The van der Waals surface area contributed by atoms with Crippen LogP contribution in [-0.2, 0) is 34.2 Å². The Kier molecular flexibility index (Phi) is 8.26. The van der Waals surface area contributed by atoms with E-state index in [0.29, 0.717) is 0 Å². The van der Waals surface area contributed by atoms with Crippen molar-refractivity contribution in [2.45, 2.75) is 30.6 Å². The van der Waals surface area contributed by atoms with E-state index in [1.807, 2.05) is 0 Å². The molecule has 1 aliphatic rings. The summed E-state index contributed by atoms with van der Waals surface area (Å²) in [5.74, 6) is -6.89. The van der Waals surface area contributed by atoms with Crippen molar-refractivity contribution in [2.75, 3.05) is 20.4 Å². The molecule has 0 fully saturated rings. The Morgan fingerprint density at radius 3 is 2.32 bits per heavy atom. The number of benzene rings is 3. The third-order valence-corrected chi connectivity index (χ3v) is 9.03. The molecular weight excluding hydrogens is 691 g/mol. The molecule has 0 spiro atoms. The van der Waals surface area contributed by atoms with Crippen LogP contribution in [0.2, 0.25) is 0 Å². The Bertz CT molecular complexity index is 2300. The summed E-state index contributed by atoms with van der Waals surface area (Å²) in [6, 6.07) is 11.5. The number of halogens is 5. The molecule has 5 aromatic rings. The lowest BCUT2D eigenvalue weighted by Gasteiger charge is -2.17. The second-order valence-corrected chi connectivity index (χ2v) is 13.7. The number of amides is 1. The van der Waals surface area contributed by atoms with Crippen LogP contribution in [0.25, 0.3) is 45.0 Å². The molecule has 6 rings (SSSR count). The number of hydrogen-bond acceptors (Lipinski definition) is 9. The molecule has 0 saturated carbocycles. The number of sulfone groups is 1. The van der Waals surface area contributed by atoms with E-state index in [4.69, 9.17) is 4.42 Å². The first-order valence-electron chi connectivity index (χ1n) is 14.6. The molecule has 50 heavy (non-hydrogen) atoms. The number of rotatable bonds is 8. The summed E-state index contributed by atoms with van der Waals surface area (Å²) in [7, 11) is -0.291. The van der Waals surface area contributed by atoms with Gasteiger partial charge in [0.15, 0.2) is 33.0 Å². The Hall–Kier alpha value is -5.29. The van der Waals surface area contributed by atoms with Gasteiger partial charge in [0.25, 0.3) is 5.91 Å². The highest BCUT2D eigenvalue weighted by Gasteiger charge is 2.45. The fourth-order valence-electron chi connectivity index (χ4n) is 5.56. The number of aliphatic hydroxyl groups is 1. The minimum absolute atomic E-state index is 0.0136. The summed E-state index contributed by atoms with van der Waals surface area (Å²) in [5.41, 5.74) is -0.177. The number of aliphatic hydroxyl groups excluding tert-OH is 1. The first kappa shape index (κ1) is 34.6. The van der Waals surface area contributed by atoms with E-state index in [0.717, 1.165) is 28.0 Å². The van der Waals surface area contributed by atoms with Crippen LogP contribution < -0.4 is 9.47 Å². The highest BCUT2D eigenvalue weighted by Crippen LogP contribution is 2.46. The third kappa shape index (κ3) is 6.06. The topological polar surface area (TPSA) is 137 Å². The molecule has 262 valence electrons. The van der Waals surface area contributed by atoms with Gasteiger partial charge in [-0.05, 0) is 53.6 Å². The third-order valence-electron chi connectivity index (χ3n) is 7.87.